The lowest BCUT2D eigenvalue weighted by Crippen LogP contribution is -2.10. The Morgan fingerprint density at radius 1 is 1.60 bits per heavy atom. The third kappa shape index (κ3) is 0.597. The zero-order valence-corrected chi connectivity index (χ0v) is 2.91. The van der Waals surface area contributed by atoms with Gasteiger partial charge in [0.25, 0.3) is 0 Å². The van der Waals surface area contributed by atoms with Crippen LogP contribution >= 0.6 is 0 Å². The Hall–Kier alpha value is -0.0800. The summed E-state index contributed by atoms with van der Waals surface area (Å²) in [5.41, 5.74) is 0. The van der Waals surface area contributed by atoms with Gasteiger partial charge in [-0.2, -0.15) is 0 Å². The molecule has 1 saturated heterocycles. The maximum atomic E-state index is 3.00. The molecule has 5 heavy (non-hydrogen) atoms. The molecule has 0 atom stereocenters. The smallest absolute Gasteiger partial charge is 0.0749 e. The van der Waals surface area contributed by atoms with Crippen molar-refractivity contribution in [2.24, 2.45) is 0 Å². The fourth-order valence-electron chi connectivity index (χ4n) is 0.312. The standard InChI is InChI=1S/C3H6N2/c1-2-5-3-4-1/h4-5H,1,3H2. The zero-order valence-electron chi connectivity index (χ0n) is 2.91. The van der Waals surface area contributed by atoms with Crippen molar-refractivity contribution in [1.82, 2.24) is 10.6 Å². The molecule has 0 spiro atoms. The maximum absolute atomic E-state index is 3.00. The van der Waals surface area contributed by atoms with Crippen LogP contribution in [0.3, 0.4) is 0 Å². The van der Waals surface area contributed by atoms with Gasteiger partial charge >= 0.3 is 0 Å². The Labute approximate surface area is 31.6 Å². The van der Waals surface area contributed by atoms with Crippen molar-refractivity contribution < 1.29 is 0 Å². The highest BCUT2D eigenvalue weighted by atomic mass is 15.1. The number of hydrogen-bond acceptors (Lipinski definition) is 2. The highest BCUT2D eigenvalue weighted by Crippen LogP contribution is 1.69. The summed E-state index contributed by atoms with van der Waals surface area (Å²) in [5, 5.41) is 5.86. The lowest BCUT2D eigenvalue weighted by atomic mass is 10.7. The van der Waals surface area contributed by atoms with Gasteiger partial charge in [0.15, 0.2) is 0 Å². The lowest BCUT2D eigenvalue weighted by molar-refractivity contribution is 0.814. The van der Waals surface area contributed by atoms with Gasteiger partial charge in [0, 0.05) is 13.2 Å². The number of hydrogen-bond donors (Lipinski definition) is 2. The molecule has 1 heterocycles. The second-order valence-electron chi connectivity index (χ2n) is 0.957. The van der Waals surface area contributed by atoms with E-state index in [9.17, 15) is 0 Å². The predicted molar refractivity (Wildman–Crippen MR) is 19.2 cm³/mol. The normalized spacial score (nSPS) is 24.0. The largest absolute Gasteiger partial charge is 0.302 e. The monoisotopic (exact) mass is 70.1 g/mol. The molecule has 0 saturated carbocycles. The first kappa shape index (κ1) is 3.12. The SMILES string of the molecule is [C]1CNCN1. The summed E-state index contributed by atoms with van der Waals surface area (Å²) in [7, 11) is 0. The molecule has 28 valence electrons. The number of rotatable bonds is 0. The van der Waals surface area contributed by atoms with E-state index in [0.717, 1.165) is 13.2 Å². The van der Waals surface area contributed by atoms with Crippen LogP contribution in [-0.2, 0) is 0 Å². The molecule has 2 nitrogen and oxygen atoms in total. The van der Waals surface area contributed by atoms with E-state index in [2.05, 4.69) is 17.2 Å². The fraction of sp³-hybridized carbons (Fsp3) is 0.667. The average Bonchev–Trinajstić information content (AvgIpc) is 1.76. The molecule has 1 fully saturated rings. The van der Waals surface area contributed by atoms with Crippen LogP contribution in [0.25, 0.3) is 0 Å². The van der Waals surface area contributed by atoms with Crippen LogP contribution in [0.1, 0.15) is 0 Å². The van der Waals surface area contributed by atoms with Crippen molar-refractivity contribution in [2.45, 2.75) is 0 Å². The van der Waals surface area contributed by atoms with E-state index in [1.165, 1.54) is 0 Å². The molecule has 0 amide bonds. The van der Waals surface area contributed by atoms with Crippen molar-refractivity contribution in [1.29, 1.82) is 0 Å². The van der Waals surface area contributed by atoms with E-state index in [1.54, 1.807) is 0 Å². The second kappa shape index (κ2) is 1.38. The minimum absolute atomic E-state index is 0.889. The molecule has 1 rings (SSSR count). The first-order valence-electron chi connectivity index (χ1n) is 1.66. The fourth-order valence-corrected chi connectivity index (χ4v) is 0.312. The molecular weight excluding hydrogens is 64.0 g/mol. The summed E-state index contributed by atoms with van der Waals surface area (Å²) in [6.45, 7) is 4.64. The quantitative estimate of drug-likeness (QED) is 0.389. The van der Waals surface area contributed by atoms with Crippen molar-refractivity contribution >= 4 is 0 Å². The van der Waals surface area contributed by atoms with E-state index in [0.29, 0.717) is 0 Å². The van der Waals surface area contributed by atoms with Gasteiger partial charge in [0.1, 0.15) is 0 Å². The van der Waals surface area contributed by atoms with Gasteiger partial charge in [-0.15, -0.1) is 0 Å². The van der Waals surface area contributed by atoms with Crippen LogP contribution in [0.5, 0.6) is 0 Å². The van der Waals surface area contributed by atoms with Gasteiger partial charge in [-0.25, -0.2) is 0 Å². The van der Waals surface area contributed by atoms with Crippen molar-refractivity contribution in [3.8, 4) is 0 Å². The van der Waals surface area contributed by atoms with Crippen molar-refractivity contribution in [2.75, 3.05) is 13.2 Å². The molecule has 0 bridgehead atoms. The van der Waals surface area contributed by atoms with Crippen LogP contribution in [0.15, 0.2) is 0 Å². The van der Waals surface area contributed by atoms with E-state index in [1.807, 2.05) is 0 Å². The van der Waals surface area contributed by atoms with Gasteiger partial charge in [0.05, 0.1) is 6.54 Å². The van der Waals surface area contributed by atoms with Crippen LogP contribution < -0.4 is 10.6 Å². The first-order chi connectivity index (χ1) is 2.50. The molecular formula is C3H6N2. The average molecular weight is 70.1 g/mol. The summed E-state index contributed by atoms with van der Waals surface area (Å²) in [4.78, 5) is 0. The molecule has 2 radical (unpaired) electrons. The Morgan fingerprint density at radius 2 is 2.60 bits per heavy atom. The molecule has 0 aromatic carbocycles. The van der Waals surface area contributed by atoms with Crippen molar-refractivity contribution in [3.63, 3.8) is 0 Å². The maximum Gasteiger partial charge on any atom is 0.0749 e. The molecule has 0 unspecified atom stereocenters. The topological polar surface area (TPSA) is 24.1 Å². The van der Waals surface area contributed by atoms with Crippen LogP contribution in [0.4, 0.5) is 0 Å². The Kier molecular flexibility index (Phi) is 0.862. The summed E-state index contributed by atoms with van der Waals surface area (Å²) < 4.78 is 0. The van der Waals surface area contributed by atoms with Gasteiger partial charge in [-0.3, -0.25) is 5.32 Å². The Balaban J connectivity index is 2.08. The molecule has 0 aromatic rings. The van der Waals surface area contributed by atoms with Crippen LogP contribution in [-0.4, -0.2) is 13.2 Å². The summed E-state index contributed by atoms with van der Waals surface area (Å²) in [6, 6.07) is 0. The molecule has 0 aliphatic carbocycles. The molecule has 1 aliphatic rings. The van der Waals surface area contributed by atoms with E-state index in [4.69, 9.17) is 0 Å². The third-order valence-electron chi connectivity index (χ3n) is 0.552. The second-order valence-corrected chi connectivity index (χ2v) is 0.957. The van der Waals surface area contributed by atoms with E-state index < -0.39 is 0 Å². The Bertz CT molecular complexity index is 16.5. The minimum Gasteiger partial charge on any atom is -0.302 e. The van der Waals surface area contributed by atoms with Gasteiger partial charge in [-0.05, 0) is 0 Å². The predicted octanol–water partition coefficient (Wildman–Crippen LogP) is -0.825. The summed E-state index contributed by atoms with van der Waals surface area (Å²) in [5.74, 6) is 0. The van der Waals surface area contributed by atoms with Gasteiger partial charge in [-0.1, -0.05) is 0 Å². The first-order valence-corrected chi connectivity index (χ1v) is 1.66. The molecule has 1 aliphatic heterocycles. The third-order valence-corrected chi connectivity index (χ3v) is 0.552. The molecule has 2 heteroatoms. The Morgan fingerprint density at radius 3 is 2.80 bits per heavy atom. The summed E-state index contributed by atoms with van der Waals surface area (Å²) >= 11 is 0. The van der Waals surface area contributed by atoms with E-state index >= 15 is 0 Å². The van der Waals surface area contributed by atoms with Gasteiger partial charge < -0.3 is 5.32 Å². The number of nitrogens with one attached hydrogen (secondary N) is 2. The molecule has 2 N–H and O–H groups in total. The van der Waals surface area contributed by atoms with E-state index in [-0.39, 0.29) is 0 Å². The molecule has 0 aromatic heterocycles. The zero-order chi connectivity index (χ0) is 3.54. The lowest BCUT2D eigenvalue weighted by Gasteiger charge is -1.76. The highest BCUT2D eigenvalue weighted by Gasteiger charge is 1.92. The van der Waals surface area contributed by atoms with Crippen molar-refractivity contribution in [3.05, 3.63) is 6.54 Å². The highest BCUT2D eigenvalue weighted by molar-refractivity contribution is 4.70. The summed E-state index contributed by atoms with van der Waals surface area (Å²) in [6.07, 6.45) is 0. The van der Waals surface area contributed by atoms with Crippen LogP contribution in [0, 0.1) is 6.54 Å². The van der Waals surface area contributed by atoms with Gasteiger partial charge in [0.2, 0.25) is 0 Å². The van der Waals surface area contributed by atoms with Crippen LogP contribution in [0.2, 0.25) is 0 Å². The minimum atomic E-state index is 0.889.